The molecule has 25 heavy (non-hydrogen) atoms. The lowest BCUT2D eigenvalue weighted by Crippen LogP contribution is -2.36. The summed E-state index contributed by atoms with van der Waals surface area (Å²) in [5.41, 5.74) is 8.07. The molecule has 0 amide bonds. The van der Waals surface area contributed by atoms with Crippen LogP contribution in [0.25, 0.3) is 0 Å². The van der Waals surface area contributed by atoms with Crippen LogP contribution in [0.2, 0.25) is 5.02 Å². The van der Waals surface area contributed by atoms with Crippen molar-refractivity contribution in [2.24, 2.45) is 5.10 Å². The van der Waals surface area contributed by atoms with Crippen LogP contribution in [0.15, 0.2) is 47.6 Å². The van der Waals surface area contributed by atoms with Crippen molar-refractivity contribution in [1.82, 2.24) is 11.1 Å². The standard InChI is InChI=1S/C16H16ClN5O3/c1-10-13(17)4-3-5-14(10)22-18-15(25-20-22)21(16-19-24-16)11-6-8-12(23-2)9-7-11/h3-9,16,19-20H,1-2H3. The van der Waals surface area contributed by atoms with E-state index in [0.29, 0.717) is 11.0 Å². The Morgan fingerprint density at radius 1 is 1.24 bits per heavy atom. The van der Waals surface area contributed by atoms with Crippen LogP contribution in [-0.2, 0) is 9.68 Å². The summed E-state index contributed by atoms with van der Waals surface area (Å²) in [6, 6.07) is 13.4. The summed E-state index contributed by atoms with van der Waals surface area (Å²) < 4.78 is 5.19. The van der Waals surface area contributed by atoms with Gasteiger partial charge in [-0.15, -0.1) is 5.48 Å². The Morgan fingerprint density at radius 2 is 2.00 bits per heavy atom. The van der Waals surface area contributed by atoms with E-state index in [9.17, 15) is 0 Å². The van der Waals surface area contributed by atoms with Crippen LogP contribution >= 0.6 is 11.6 Å². The zero-order valence-corrected chi connectivity index (χ0v) is 14.3. The molecule has 2 aromatic carbocycles. The molecule has 0 aromatic heterocycles. The first-order chi connectivity index (χ1) is 12.2. The Kier molecular flexibility index (Phi) is 4.10. The Bertz CT molecular complexity index is 810. The summed E-state index contributed by atoms with van der Waals surface area (Å²) in [6.07, 6.45) is -0.352. The van der Waals surface area contributed by atoms with E-state index in [4.69, 9.17) is 26.0 Å². The highest BCUT2D eigenvalue weighted by Gasteiger charge is 2.38. The molecule has 2 heterocycles. The lowest BCUT2D eigenvalue weighted by Gasteiger charge is -2.18. The molecule has 0 radical (unpaired) electrons. The zero-order chi connectivity index (χ0) is 17.4. The minimum Gasteiger partial charge on any atom is -0.497 e. The van der Waals surface area contributed by atoms with E-state index in [1.165, 1.54) is 5.12 Å². The molecule has 130 valence electrons. The fraction of sp³-hybridized carbons (Fsp3) is 0.188. The van der Waals surface area contributed by atoms with Gasteiger partial charge in [0, 0.05) is 10.7 Å². The number of nitrogens with zero attached hydrogens (tertiary/aromatic N) is 3. The van der Waals surface area contributed by atoms with Gasteiger partial charge in [-0.3, -0.25) is 9.74 Å². The summed E-state index contributed by atoms with van der Waals surface area (Å²) in [7, 11) is 1.62. The van der Waals surface area contributed by atoms with Crippen LogP contribution in [0, 0.1) is 6.92 Å². The van der Waals surface area contributed by atoms with Gasteiger partial charge in [0.15, 0.2) is 0 Å². The van der Waals surface area contributed by atoms with Gasteiger partial charge in [0.1, 0.15) is 5.75 Å². The van der Waals surface area contributed by atoms with E-state index in [1.807, 2.05) is 49.4 Å². The van der Waals surface area contributed by atoms with Crippen molar-refractivity contribution < 1.29 is 14.4 Å². The van der Waals surface area contributed by atoms with Gasteiger partial charge in [0.25, 0.3) is 0 Å². The summed E-state index contributed by atoms with van der Waals surface area (Å²) >= 11 is 6.18. The Morgan fingerprint density at radius 3 is 2.68 bits per heavy atom. The summed E-state index contributed by atoms with van der Waals surface area (Å²) in [4.78, 5) is 12.5. The number of hydrazine groups is 1. The van der Waals surface area contributed by atoms with E-state index in [1.54, 1.807) is 12.0 Å². The van der Waals surface area contributed by atoms with Gasteiger partial charge in [-0.05, 0) is 54.5 Å². The topological polar surface area (TPSA) is 83.8 Å². The van der Waals surface area contributed by atoms with Gasteiger partial charge >= 0.3 is 6.02 Å². The molecule has 8 nitrogen and oxygen atoms in total. The Balaban J connectivity index is 1.63. The quantitative estimate of drug-likeness (QED) is 0.809. The number of rotatable bonds is 4. The van der Waals surface area contributed by atoms with Crippen molar-refractivity contribution in [1.29, 1.82) is 0 Å². The third-order valence-electron chi connectivity index (χ3n) is 3.89. The smallest absolute Gasteiger partial charge is 0.340 e. The largest absolute Gasteiger partial charge is 0.497 e. The molecule has 0 bridgehead atoms. The first-order valence-corrected chi connectivity index (χ1v) is 7.96. The predicted octanol–water partition coefficient (Wildman–Crippen LogP) is 2.51. The highest BCUT2D eigenvalue weighted by molar-refractivity contribution is 6.31. The molecule has 1 unspecified atom stereocenters. The van der Waals surface area contributed by atoms with Crippen LogP contribution in [-0.4, -0.2) is 19.5 Å². The molecule has 2 N–H and O–H groups in total. The Hall–Kier alpha value is -2.52. The molecule has 1 atom stereocenters. The molecular formula is C16H16ClN5O3. The number of halogens is 1. The maximum Gasteiger partial charge on any atom is 0.340 e. The normalized spacial score (nSPS) is 18.6. The summed E-state index contributed by atoms with van der Waals surface area (Å²) in [5.74, 6) is 0.761. The number of amidine groups is 1. The van der Waals surface area contributed by atoms with Crippen molar-refractivity contribution >= 4 is 29.0 Å². The third-order valence-corrected chi connectivity index (χ3v) is 4.30. The van der Waals surface area contributed by atoms with Gasteiger partial charge in [-0.1, -0.05) is 22.8 Å². The number of hydrogen-bond donors (Lipinski definition) is 2. The lowest BCUT2D eigenvalue weighted by molar-refractivity contribution is 0.194. The van der Waals surface area contributed by atoms with Crippen molar-refractivity contribution in [2.45, 2.75) is 13.3 Å². The maximum absolute atomic E-state index is 6.18. The molecule has 0 aliphatic carbocycles. The number of benzene rings is 2. The number of ether oxygens (including phenoxy) is 1. The summed E-state index contributed by atoms with van der Waals surface area (Å²) in [6.45, 7) is 1.92. The minimum absolute atomic E-state index is 0.333. The van der Waals surface area contributed by atoms with Gasteiger partial charge in [0.2, 0.25) is 6.35 Å². The van der Waals surface area contributed by atoms with Crippen LogP contribution in [0.5, 0.6) is 5.75 Å². The fourth-order valence-corrected chi connectivity index (χ4v) is 2.63. The number of methoxy groups -OCH3 is 1. The first kappa shape index (κ1) is 16.0. The number of hydrogen-bond acceptors (Lipinski definition) is 8. The van der Waals surface area contributed by atoms with Crippen LogP contribution < -0.4 is 25.8 Å². The molecule has 9 heteroatoms. The van der Waals surface area contributed by atoms with E-state index >= 15 is 0 Å². The highest BCUT2D eigenvalue weighted by atomic mass is 35.5. The van der Waals surface area contributed by atoms with Crippen LogP contribution in [0.4, 0.5) is 11.4 Å². The first-order valence-electron chi connectivity index (χ1n) is 7.58. The highest BCUT2D eigenvalue weighted by Crippen LogP contribution is 2.29. The van der Waals surface area contributed by atoms with Crippen molar-refractivity contribution in [3.05, 3.63) is 53.1 Å². The maximum atomic E-state index is 6.18. The molecule has 1 fully saturated rings. The molecule has 4 rings (SSSR count). The van der Waals surface area contributed by atoms with Gasteiger partial charge in [-0.25, -0.2) is 0 Å². The van der Waals surface area contributed by atoms with Crippen LogP contribution in [0.3, 0.4) is 0 Å². The third kappa shape index (κ3) is 3.08. The van der Waals surface area contributed by atoms with Gasteiger partial charge in [0.05, 0.1) is 12.8 Å². The fourth-order valence-electron chi connectivity index (χ4n) is 2.46. The molecule has 2 aromatic rings. The molecule has 1 saturated heterocycles. The van der Waals surface area contributed by atoms with Crippen molar-refractivity contribution in [2.75, 3.05) is 17.1 Å². The van der Waals surface area contributed by atoms with Crippen molar-refractivity contribution in [3.63, 3.8) is 0 Å². The second-order valence-electron chi connectivity index (χ2n) is 5.43. The number of hydrazone groups is 1. The number of nitrogens with one attached hydrogen (secondary N) is 2. The van der Waals surface area contributed by atoms with E-state index in [0.717, 1.165) is 22.7 Å². The van der Waals surface area contributed by atoms with Gasteiger partial charge < -0.3 is 9.57 Å². The van der Waals surface area contributed by atoms with E-state index < -0.39 is 0 Å². The second-order valence-corrected chi connectivity index (χ2v) is 5.83. The van der Waals surface area contributed by atoms with E-state index in [2.05, 4.69) is 16.2 Å². The number of anilines is 2. The molecular weight excluding hydrogens is 346 g/mol. The minimum atomic E-state index is -0.352. The van der Waals surface area contributed by atoms with E-state index in [-0.39, 0.29) is 6.35 Å². The van der Waals surface area contributed by atoms with Crippen LogP contribution in [0.1, 0.15) is 5.56 Å². The predicted molar refractivity (Wildman–Crippen MR) is 93.8 cm³/mol. The summed E-state index contributed by atoms with van der Waals surface area (Å²) in [5, 5.41) is 6.65. The van der Waals surface area contributed by atoms with Crippen molar-refractivity contribution in [3.8, 4) is 5.75 Å². The SMILES string of the molecule is COc1ccc(N(C2=NN(c3cccc(Cl)c3C)NO2)C2NO2)cc1. The molecule has 2 aliphatic heterocycles. The zero-order valence-electron chi connectivity index (χ0n) is 13.6. The molecule has 0 saturated carbocycles. The average molecular weight is 362 g/mol. The lowest BCUT2D eigenvalue weighted by atomic mass is 10.2. The second kappa shape index (κ2) is 6.41. The van der Waals surface area contributed by atoms with Gasteiger partial charge in [-0.2, -0.15) is 5.12 Å². The Labute approximate surface area is 149 Å². The molecule has 0 spiro atoms. The number of hydroxylamine groups is 1. The molecule has 2 aliphatic rings. The monoisotopic (exact) mass is 361 g/mol. The average Bonchev–Trinajstić information content (AvgIpc) is 3.35.